The molecule has 0 aliphatic carbocycles. The van der Waals surface area contributed by atoms with E-state index in [9.17, 15) is 21.6 Å². The average Bonchev–Trinajstić information content (AvgIpc) is 2.63. The highest BCUT2D eigenvalue weighted by atomic mass is 32.2. The Morgan fingerprint density at radius 1 is 1.42 bits per heavy atom. The molecule has 4 nitrogen and oxygen atoms in total. The van der Waals surface area contributed by atoms with Crippen LogP contribution in [0.4, 0.5) is 13.2 Å². The van der Waals surface area contributed by atoms with Gasteiger partial charge in [-0.2, -0.15) is 13.2 Å². The summed E-state index contributed by atoms with van der Waals surface area (Å²) in [6, 6.07) is 0.252. The van der Waals surface area contributed by atoms with Gasteiger partial charge in [0, 0.05) is 22.8 Å². The van der Waals surface area contributed by atoms with Crippen LogP contribution in [0.5, 0.6) is 0 Å². The van der Waals surface area contributed by atoms with Gasteiger partial charge in [-0.15, -0.1) is 11.3 Å². The summed E-state index contributed by atoms with van der Waals surface area (Å²) in [5, 5.41) is 4.28. The molecule has 1 atom stereocenters. The first-order valence-electron chi connectivity index (χ1n) is 5.45. The third kappa shape index (κ3) is 5.47. The number of rotatable bonds is 6. The topological polar surface area (TPSA) is 58.2 Å². The number of halogens is 3. The van der Waals surface area contributed by atoms with Crippen molar-refractivity contribution in [1.82, 2.24) is 10.0 Å². The van der Waals surface area contributed by atoms with Crippen LogP contribution in [0.1, 0.15) is 18.2 Å². The van der Waals surface area contributed by atoms with E-state index < -0.39 is 28.7 Å². The summed E-state index contributed by atoms with van der Waals surface area (Å²) < 4.78 is 62.2. The quantitative estimate of drug-likeness (QED) is 0.845. The molecule has 0 radical (unpaired) electrons. The second kappa shape index (κ2) is 6.21. The molecule has 0 aliphatic heterocycles. The van der Waals surface area contributed by atoms with Gasteiger partial charge in [0.05, 0.1) is 11.3 Å². The van der Waals surface area contributed by atoms with Crippen LogP contribution in [-0.4, -0.2) is 27.7 Å². The zero-order valence-corrected chi connectivity index (χ0v) is 12.0. The fraction of sp³-hybridized carbons (Fsp3) is 0.600. The maximum Gasteiger partial charge on any atom is 0.390 e. The van der Waals surface area contributed by atoms with E-state index in [2.05, 4.69) is 5.32 Å². The zero-order valence-electron chi connectivity index (χ0n) is 10.4. The second-order valence-electron chi connectivity index (χ2n) is 4.12. The summed E-state index contributed by atoms with van der Waals surface area (Å²) in [6.07, 6.45) is -5.59. The molecular formula is C10H15F3N2O2S2. The van der Waals surface area contributed by atoms with Gasteiger partial charge in [-0.1, -0.05) is 0 Å². The minimum Gasteiger partial charge on any atom is -0.315 e. The summed E-state index contributed by atoms with van der Waals surface area (Å²) in [4.78, 5) is 0.795. The van der Waals surface area contributed by atoms with Crippen molar-refractivity contribution >= 4 is 21.4 Å². The van der Waals surface area contributed by atoms with E-state index in [0.29, 0.717) is 6.54 Å². The van der Waals surface area contributed by atoms with Crippen molar-refractivity contribution in [3.05, 3.63) is 16.3 Å². The maximum absolute atomic E-state index is 12.1. The van der Waals surface area contributed by atoms with Gasteiger partial charge in [0.25, 0.3) is 0 Å². The Bertz CT molecular complexity index is 511. The highest BCUT2D eigenvalue weighted by Crippen LogP contribution is 2.23. The molecule has 1 unspecified atom stereocenters. The minimum atomic E-state index is -4.39. The number of hydrogen-bond acceptors (Lipinski definition) is 4. The molecular weight excluding hydrogens is 301 g/mol. The average molecular weight is 316 g/mol. The summed E-state index contributed by atoms with van der Waals surface area (Å²) >= 11 is 1.24. The standard InChI is InChI=1S/C10H15F3N2O2S2/c1-7(4-10(11,12)13)15-19(16,17)9-3-8(5-14-2)18-6-9/h3,6-7,14-15H,4-5H2,1-2H3. The summed E-state index contributed by atoms with van der Waals surface area (Å²) in [6.45, 7) is 1.70. The molecule has 9 heteroatoms. The molecule has 1 heterocycles. The van der Waals surface area contributed by atoms with Gasteiger partial charge in [0.2, 0.25) is 10.0 Å². The van der Waals surface area contributed by atoms with Crippen LogP contribution in [0.15, 0.2) is 16.3 Å². The van der Waals surface area contributed by atoms with Gasteiger partial charge >= 0.3 is 6.18 Å². The van der Waals surface area contributed by atoms with Crippen LogP contribution in [0.3, 0.4) is 0 Å². The van der Waals surface area contributed by atoms with E-state index in [0.717, 1.165) is 4.88 Å². The lowest BCUT2D eigenvalue weighted by atomic mass is 10.2. The van der Waals surface area contributed by atoms with Gasteiger partial charge in [-0.05, 0) is 20.0 Å². The van der Waals surface area contributed by atoms with E-state index in [1.54, 1.807) is 7.05 Å². The third-order valence-corrected chi connectivity index (χ3v) is 4.84. The molecule has 0 amide bonds. The maximum atomic E-state index is 12.1. The third-order valence-electron chi connectivity index (χ3n) is 2.18. The van der Waals surface area contributed by atoms with Crippen molar-refractivity contribution in [2.75, 3.05) is 7.05 Å². The first-order valence-corrected chi connectivity index (χ1v) is 7.81. The Morgan fingerprint density at radius 2 is 2.05 bits per heavy atom. The first-order chi connectivity index (χ1) is 8.64. The molecule has 0 spiro atoms. The lowest BCUT2D eigenvalue weighted by molar-refractivity contribution is -0.137. The number of sulfonamides is 1. The summed E-state index contributed by atoms with van der Waals surface area (Å²) in [7, 11) is -2.18. The van der Waals surface area contributed by atoms with Gasteiger partial charge in [-0.25, -0.2) is 13.1 Å². The van der Waals surface area contributed by atoms with Crippen LogP contribution in [0.25, 0.3) is 0 Å². The molecule has 0 aromatic carbocycles. The molecule has 1 aromatic heterocycles. The largest absolute Gasteiger partial charge is 0.390 e. The Labute approximate surface area is 114 Å². The Kier molecular flexibility index (Phi) is 5.36. The van der Waals surface area contributed by atoms with Crippen molar-refractivity contribution in [3.8, 4) is 0 Å². The van der Waals surface area contributed by atoms with E-state index in [4.69, 9.17) is 0 Å². The normalized spacial score (nSPS) is 14.6. The molecule has 19 heavy (non-hydrogen) atoms. The molecule has 0 fully saturated rings. The minimum absolute atomic E-state index is 0.00299. The van der Waals surface area contributed by atoms with Crippen LogP contribution in [-0.2, 0) is 16.6 Å². The SMILES string of the molecule is CNCc1cc(S(=O)(=O)NC(C)CC(F)(F)F)cs1. The molecule has 110 valence electrons. The summed E-state index contributed by atoms with van der Waals surface area (Å²) in [5.41, 5.74) is 0. The Hall–Kier alpha value is -0.640. The van der Waals surface area contributed by atoms with Gasteiger partial charge < -0.3 is 5.32 Å². The molecule has 0 bridgehead atoms. The number of nitrogens with one attached hydrogen (secondary N) is 2. The van der Waals surface area contributed by atoms with Gasteiger partial charge in [0.15, 0.2) is 0 Å². The molecule has 0 saturated carbocycles. The van der Waals surface area contributed by atoms with Crippen molar-refractivity contribution in [3.63, 3.8) is 0 Å². The molecule has 0 aliphatic rings. The predicted octanol–water partition coefficient (Wildman–Crippen LogP) is 2.09. The molecule has 2 N–H and O–H groups in total. The van der Waals surface area contributed by atoms with E-state index in [-0.39, 0.29) is 4.90 Å². The van der Waals surface area contributed by atoms with Crippen LogP contribution < -0.4 is 10.0 Å². The first kappa shape index (κ1) is 16.4. The number of hydrogen-bond donors (Lipinski definition) is 2. The lowest BCUT2D eigenvalue weighted by Gasteiger charge is -2.15. The van der Waals surface area contributed by atoms with Gasteiger partial charge in [-0.3, -0.25) is 0 Å². The van der Waals surface area contributed by atoms with Crippen molar-refractivity contribution < 1.29 is 21.6 Å². The zero-order chi connectivity index (χ0) is 14.7. The lowest BCUT2D eigenvalue weighted by Crippen LogP contribution is -2.35. The monoisotopic (exact) mass is 316 g/mol. The predicted molar refractivity (Wildman–Crippen MR) is 67.5 cm³/mol. The second-order valence-corrected chi connectivity index (χ2v) is 6.83. The van der Waals surface area contributed by atoms with Crippen LogP contribution >= 0.6 is 11.3 Å². The van der Waals surface area contributed by atoms with Crippen molar-refractivity contribution in [2.24, 2.45) is 0 Å². The van der Waals surface area contributed by atoms with E-state index >= 15 is 0 Å². The van der Waals surface area contributed by atoms with Crippen LogP contribution in [0.2, 0.25) is 0 Å². The Balaban J connectivity index is 2.74. The van der Waals surface area contributed by atoms with Crippen molar-refractivity contribution in [1.29, 1.82) is 0 Å². The Morgan fingerprint density at radius 3 is 2.58 bits per heavy atom. The fourth-order valence-electron chi connectivity index (χ4n) is 1.49. The molecule has 1 aromatic rings. The van der Waals surface area contributed by atoms with Crippen LogP contribution in [0, 0.1) is 0 Å². The smallest absolute Gasteiger partial charge is 0.315 e. The molecule has 1 rings (SSSR count). The molecule has 0 saturated heterocycles. The van der Waals surface area contributed by atoms with E-state index in [1.165, 1.54) is 29.7 Å². The summed E-state index contributed by atoms with van der Waals surface area (Å²) in [5.74, 6) is 0. The van der Waals surface area contributed by atoms with Crippen molar-refractivity contribution in [2.45, 2.75) is 37.0 Å². The highest BCUT2D eigenvalue weighted by Gasteiger charge is 2.32. The number of thiophene rings is 1. The highest BCUT2D eigenvalue weighted by molar-refractivity contribution is 7.89. The fourth-order valence-corrected chi connectivity index (χ4v) is 4.02. The van der Waals surface area contributed by atoms with Gasteiger partial charge in [0.1, 0.15) is 0 Å². The van der Waals surface area contributed by atoms with E-state index in [1.807, 2.05) is 4.72 Å². The number of alkyl halides is 3.